The summed E-state index contributed by atoms with van der Waals surface area (Å²) < 4.78 is 59.4. The van der Waals surface area contributed by atoms with E-state index < -0.39 is 23.1 Å². The summed E-state index contributed by atoms with van der Waals surface area (Å²) in [6.07, 6.45) is 1.10. The van der Waals surface area contributed by atoms with Crippen molar-refractivity contribution in [1.82, 2.24) is 30.3 Å². The number of nitrogens with one attached hydrogen (secondary N) is 2. The van der Waals surface area contributed by atoms with Gasteiger partial charge < -0.3 is 14.0 Å². The summed E-state index contributed by atoms with van der Waals surface area (Å²) >= 11 is 0. The molecule has 0 bridgehead atoms. The van der Waals surface area contributed by atoms with Crippen LogP contribution in [0.15, 0.2) is 57.8 Å². The number of hydrogen-bond donors (Lipinski definition) is 2. The first-order chi connectivity index (χ1) is 21.1. The molecule has 1 aliphatic rings. The van der Waals surface area contributed by atoms with Gasteiger partial charge in [-0.25, -0.2) is 27.9 Å². The highest BCUT2D eigenvalue weighted by atomic mass is 19.1. The molecule has 0 saturated carbocycles. The average Bonchev–Trinajstić information content (AvgIpc) is 3.75. The highest BCUT2D eigenvalue weighted by Crippen LogP contribution is 2.28. The lowest BCUT2D eigenvalue weighted by molar-refractivity contribution is 0.167. The molecule has 44 heavy (non-hydrogen) atoms. The predicted molar refractivity (Wildman–Crippen MR) is 150 cm³/mol. The van der Waals surface area contributed by atoms with E-state index in [-0.39, 0.29) is 64.4 Å². The molecule has 226 valence electrons. The maximum Gasteiger partial charge on any atom is 0.377 e. The van der Waals surface area contributed by atoms with Crippen molar-refractivity contribution < 1.29 is 27.2 Å². The molecule has 1 fully saturated rings. The van der Waals surface area contributed by atoms with Gasteiger partial charge in [-0.2, -0.15) is 10.4 Å². The molecule has 0 aliphatic carbocycles. The second kappa shape index (κ2) is 12.9. The van der Waals surface area contributed by atoms with E-state index in [0.717, 1.165) is 31.4 Å². The van der Waals surface area contributed by atoms with Crippen LogP contribution in [0.1, 0.15) is 42.8 Å². The number of benzene rings is 2. The Balaban J connectivity index is 0.000000484. The van der Waals surface area contributed by atoms with Crippen molar-refractivity contribution in [2.45, 2.75) is 33.3 Å². The summed E-state index contributed by atoms with van der Waals surface area (Å²) in [5.74, 6) is -1.96. The van der Waals surface area contributed by atoms with E-state index in [0.29, 0.717) is 5.41 Å². The smallest absolute Gasteiger partial charge is 0.377 e. The van der Waals surface area contributed by atoms with E-state index in [1.54, 1.807) is 6.07 Å². The van der Waals surface area contributed by atoms with Gasteiger partial charge in [0.1, 0.15) is 29.9 Å². The van der Waals surface area contributed by atoms with E-state index in [1.165, 1.54) is 30.7 Å². The van der Waals surface area contributed by atoms with Crippen molar-refractivity contribution in [3.8, 4) is 34.9 Å². The molecule has 2 aromatic carbocycles. The minimum absolute atomic E-state index is 0.00359. The Labute approximate surface area is 248 Å². The molecule has 6 rings (SSSR count). The van der Waals surface area contributed by atoms with Crippen molar-refractivity contribution in [3.63, 3.8) is 0 Å². The summed E-state index contributed by atoms with van der Waals surface area (Å²) in [5, 5.41) is 17.3. The summed E-state index contributed by atoms with van der Waals surface area (Å²) in [7, 11) is 0. The van der Waals surface area contributed by atoms with Gasteiger partial charge in [0.2, 0.25) is 11.7 Å². The number of hydrogen-bond acceptors (Lipinski definition) is 9. The third-order valence-corrected chi connectivity index (χ3v) is 6.63. The van der Waals surface area contributed by atoms with Gasteiger partial charge in [0.05, 0.1) is 23.9 Å². The van der Waals surface area contributed by atoms with Gasteiger partial charge in [0.15, 0.2) is 0 Å². The van der Waals surface area contributed by atoms with Gasteiger partial charge in [0, 0.05) is 30.2 Å². The molecule has 1 aliphatic heterocycles. The number of nitrogens with zero attached hydrogens (tertiary/aromatic N) is 5. The zero-order valence-corrected chi connectivity index (χ0v) is 23.7. The molecule has 0 unspecified atom stereocenters. The summed E-state index contributed by atoms with van der Waals surface area (Å²) in [6.45, 7) is 6.21. The highest BCUT2D eigenvalue weighted by Gasteiger charge is 2.23. The fourth-order valence-corrected chi connectivity index (χ4v) is 4.20. The average molecular weight is 606 g/mol. The molecular formula is C30H26F3N7O4. The number of halogens is 3. The Kier molecular flexibility index (Phi) is 8.86. The predicted octanol–water partition coefficient (Wildman–Crippen LogP) is 5.10. The molecule has 14 heteroatoms. The van der Waals surface area contributed by atoms with Crippen LogP contribution in [0.5, 0.6) is 5.88 Å². The van der Waals surface area contributed by atoms with Gasteiger partial charge in [0.25, 0.3) is 5.89 Å². The topological polar surface area (TPSA) is 156 Å². The van der Waals surface area contributed by atoms with E-state index in [2.05, 4.69) is 39.0 Å². The minimum atomic E-state index is -0.739. The maximum atomic E-state index is 15.0. The quantitative estimate of drug-likeness (QED) is 0.258. The monoisotopic (exact) mass is 605 g/mol. The van der Waals surface area contributed by atoms with Gasteiger partial charge in [-0.1, -0.05) is 26.0 Å². The normalized spacial score (nSPS) is 13.6. The van der Waals surface area contributed by atoms with Crippen LogP contribution in [-0.4, -0.2) is 43.5 Å². The summed E-state index contributed by atoms with van der Waals surface area (Å²) in [5.41, 5.74) is 0.143. The molecule has 5 aromatic rings. The summed E-state index contributed by atoms with van der Waals surface area (Å²) in [6, 6.07) is 12.4. The van der Waals surface area contributed by atoms with Crippen LogP contribution in [-0.2, 0) is 17.8 Å². The fraction of sp³-hybridized carbons (Fsp3) is 0.267. The number of ether oxygens (including phenoxy) is 2. The number of rotatable bonds is 7. The molecular weight excluding hydrogens is 579 g/mol. The number of H-pyrrole nitrogens is 2. The van der Waals surface area contributed by atoms with Crippen molar-refractivity contribution in [1.29, 1.82) is 5.26 Å². The van der Waals surface area contributed by atoms with Gasteiger partial charge in [-0.3, -0.25) is 5.10 Å². The molecule has 2 N–H and O–H groups in total. The van der Waals surface area contributed by atoms with Crippen LogP contribution < -0.4 is 10.4 Å². The van der Waals surface area contributed by atoms with Gasteiger partial charge in [-0.15, -0.1) is 10.1 Å². The minimum Gasteiger partial charge on any atom is -0.473 e. The van der Waals surface area contributed by atoms with Crippen LogP contribution in [0.3, 0.4) is 0 Å². The van der Waals surface area contributed by atoms with Crippen molar-refractivity contribution >= 4 is 0 Å². The van der Waals surface area contributed by atoms with E-state index in [1.807, 2.05) is 11.2 Å². The molecule has 0 radical (unpaired) electrons. The number of aromatic nitrogens is 6. The van der Waals surface area contributed by atoms with Crippen LogP contribution in [0.2, 0.25) is 0 Å². The lowest BCUT2D eigenvalue weighted by Gasteiger charge is -2.11. The third kappa shape index (κ3) is 7.37. The first kappa shape index (κ1) is 30.2. The number of aromatic amines is 2. The molecule has 1 saturated heterocycles. The molecule has 4 heterocycles. The Hall–Kier alpha value is -5.29. The van der Waals surface area contributed by atoms with E-state index >= 15 is 0 Å². The Morgan fingerprint density at radius 1 is 1.02 bits per heavy atom. The van der Waals surface area contributed by atoms with E-state index in [9.17, 15) is 18.0 Å². The Morgan fingerprint density at radius 2 is 1.84 bits per heavy atom. The third-order valence-electron chi connectivity index (χ3n) is 6.63. The number of nitriles is 1. The van der Waals surface area contributed by atoms with Crippen LogP contribution in [0.4, 0.5) is 13.2 Å². The molecule has 0 spiro atoms. The van der Waals surface area contributed by atoms with Crippen LogP contribution in [0, 0.1) is 34.2 Å². The zero-order valence-electron chi connectivity index (χ0n) is 23.7. The first-order valence-corrected chi connectivity index (χ1v) is 13.4. The van der Waals surface area contributed by atoms with Crippen LogP contribution in [0.25, 0.3) is 23.0 Å². The molecule has 11 nitrogen and oxygen atoms in total. The second-order valence-electron chi connectivity index (χ2n) is 10.7. The van der Waals surface area contributed by atoms with Crippen molar-refractivity contribution in [2.24, 2.45) is 5.41 Å². The molecule has 3 aromatic heterocycles. The lowest BCUT2D eigenvalue weighted by Crippen LogP contribution is -2.08. The summed E-state index contributed by atoms with van der Waals surface area (Å²) in [4.78, 5) is 22.9. The standard InChI is InChI=1S/C24H14F3N7O3.C6H12O/c25-16-6-12(10-28)4-5-13(16)11-36-21-3-1-2-19(29-21)15-9-17(26)14(7-18(15)27)8-20-30-22(33-32-20)23-31-24(35)34-37-23;1-6(2)3-4-7-5-6/h1-7,9H,8,11H2,(H,34,35)(H,30,32,33);3-5H2,1-2H3. The molecule has 0 amide bonds. The van der Waals surface area contributed by atoms with Crippen molar-refractivity contribution in [2.75, 3.05) is 13.2 Å². The molecule has 0 atom stereocenters. The van der Waals surface area contributed by atoms with E-state index in [4.69, 9.17) is 19.3 Å². The second-order valence-corrected chi connectivity index (χ2v) is 10.7. The lowest BCUT2D eigenvalue weighted by atomic mass is 9.94. The largest absolute Gasteiger partial charge is 0.473 e. The van der Waals surface area contributed by atoms with Crippen molar-refractivity contribution in [3.05, 3.63) is 99.0 Å². The Morgan fingerprint density at radius 3 is 2.50 bits per heavy atom. The maximum absolute atomic E-state index is 15.0. The SMILES string of the molecule is CC1(C)CCOC1.N#Cc1ccc(COc2cccc(-c3cc(F)c(Cc4nc(-c5nc(=O)[nH]o5)n[nH]4)cc3F)n2)c(F)c1. The fourth-order valence-electron chi connectivity index (χ4n) is 4.20. The van der Waals surface area contributed by atoms with Gasteiger partial charge >= 0.3 is 5.69 Å². The Bertz CT molecular complexity index is 1870. The highest BCUT2D eigenvalue weighted by molar-refractivity contribution is 5.61. The number of pyridine rings is 1. The zero-order chi connectivity index (χ0) is 31.3. The first-order valence-electron chi connectivity index (χ1n) is 13.4. The van der Waals surface area contributed by atoms with Crippen LogP contribution >= 0.6 is 0 Å². The van der Waals surface area contributed by atoms with Gasteiger partial charge in [-0.05, 0) is 47.7 Å².